The van der Waals surface area contributed by atoms with Crippen molar-refractivity contribution in [3.63, 3.8) is 0 Å². The van der Waals surface area contributed by atoms with E-state index in [1.165, 1.54) is 6.26 Å². The van der Waals surface area contributed by atoms with Crippen LogP contribution in [0.4, 0.5) is 0 Å². The highest BCUT2D eigenvalue weighted by molar-refractivity contribution is 7.92. The third-order valence-electron chi connectivity index (χ3n) is 3.16. The molecule has 90 valence electrons. The molecule has 0 amide bonds. The van der Waals surface area contributed by atoms with E-state index in [0.717, 1.165) is 12.8 Å². The van der Waals surface area contributed by atoms with Crippen molar-refractivity contribution in [1.82, 2.24) is 5.32 Å². The van der Waals surface area contributed by atoms with Gasteiger partial charge in [0, 0.05) is 26.5 Å². The Morgan fingerprint density at radius 3 is 2.47 bits per heavy atom. The van der Waals surface area contributed by atoms with E-state index in [1.807, 2.05) is 0 Å². The Labute approximate surface area is 92.3 Å². The molecular formula is C10H21NO3S. The van der Waals surface area contributed by atoms with Gasteiger partial charge < -0.3 is 10.1 Å². The van der Waals surface area contributed by atoms with Crippen molar-refractivity contribution in [3.05, 3.63) is 0 Å². The maximum Gasteiger partial charge on any atom is 0.154 e. The van der Waals surface area contributed by atoms with Crippen LogP contribution in [0.25, 0.3) is 0 Å². The zero-order chi connectivity index (χ0) is 11.5. The van der Waals surface area contributed by atoms with Crippen molar-refractivity contribution in [1.29, 1.82) is 0 Å². The lowest BCUT2D eigenvalue weighted by molar-refractivity contribution is 0.187. The minimum absolute atomic E-state index is 0.514. The third-order valence-corrected chi connectivity index (χ3v) is 5.21. The first-order chi connectivity index (χ1) is 6.91. The summed E-state index contributed by atoms with van der Waals surface area (Å²) in [6.45, 7) is 3.98. The number of methoxy groups -OCH3 is 1. The van der Waals surface area contributed by atoms with Gasteiger partial charge in [-0.05, 0) is 18.8 Å². The van der Waals surface area contributed by atoms with Gasteiger partial charge in [-0.1, -0.05) is 6.92 Å². The molecule has 0 heterocycles. The van der Waals surface area contributed by atoms with Crippen LogP contribution in [-0.4, -0.2) is 46.2 Å². The summed E-state index contributed by atoms with van der Waals surface area (Å²) >= 11 is 0. The lowest BCUT2D eigenvalue weighted by Gasteiger charge is -2.45. The topological polar surface area (TPSA) is 55.4 Å². The fourth-order valence-corrected chi connectivity index (χ4v) is 3.82. The lowest BCUT2D eigenvalue weighted by atomic mass is 9.75. The molecule has 1 aliphatic rings. The van der Waals surface area contributed by atoms with Crippen molar-refractivity contribution >= 4 is 9.84 Å². The van der Waals surface area contributed by atoms with Crippen LogP contribution in [0.3, 0.4) is 0 Å². The molecule has 1 fully saturated rings. The first-order valence-corrected chi connectivity index (χ1v) is 7.20. The van der Waals surface area contributed by atoms with Gasteiger partial charge in [-0.15, -0.1) is 0 Å². The lowest BCUT2D eigenvalue weighted by Crippen LogP contribution is -2.55. The zero-order valence-corrected chi connectivity index (χ0v) is 10.6. The summed E-state index contributed by atoms with van der Waals surface area (Å²) in [7, 11) is -1.31. The summed E-state index contributed by atoms with van der Waals surface area (Å²) in [5.41, 5.74) is 0. The van der Waals surface area contributed by atoms with Crippen LogP contribution in [0, 0.1) is 5.92 Å². The van der Waals surface area contributed by atoms with Crippen molar-refractivity contribution in [2.24, 2.45) is 5.92 Å². The number of rotatable bonds is 6. The molecule has 0 aromatic heterocycles. The van der Waals surface area contributed by atoms with Crippen LogP contribution in [0.1, 0.15) is 19.8 Å². The molecule has 0 saturated heterocycles. The molecular weight excluding hydrogens is 214 g/mol. The SMILES string of the molecule is COCCNCC1(S(C)(=O)=O)CC(C)C1. The van der Waals surface area contributed by atoms with Crippen molar-refractivity contribution < 1.29 is 13.2 Å². The van der Waals surface area contributed by atoms with E-state index in [0.29, 0.717) is 25.6 Å². The quantitative estimate of drug-likeness (QED) is 0.679. The van der Waals surface area contributed by atoms with Gasteiger partial charge in [0.2, 0.25) is 0 Å². The van der Waals surface area contributed by atoms with E-state index in [1.54, 1.807) is 7.11 Å². The normalized spacial score (nSPS) is 31.3. The standard InChI is InChI=1S/C10H21NO3S/c1-9-6-10(7-9,15(3,12)13)8-11-4-5-14-2/h9,11H,4-8H2,1-3H3. The minimum Gasteiger partial charge on any atom is -0.383 e. The average molecular weight is 235 g/mol. The number of hydrogen-bond donors (Lipinski definition) is 1. The number of hydrogen-bond acceptors (Lipinski definition) is 4. The maximum absolute atomic E-state index is 11.7. The van der Waals surface area contributed by atoms with Gasteiger partial charge in [0.15, 0.2) is 9.84 Å². The van der Waals surface area contributed by atoms with Crippen LogP contribution in [0.5, 0.6) is 0 Å². The number of sulfone groups is 1. The molecule has 1 rings (SSSR count). The molecule has 0 aliphatic heterocycles. The molecule has 0 bridgehead atoms. The van der Waals surface area contributed by atoms with Crippen LogP contribution in [0.2, 0.25) is 0 Å². The molecule has 15 heavy (non-hydrogen) atoms. The maximum atomic E-state index is 11.7. The van der Waals surface area contributed by atoms with E-state index >= 15 is 0 Å². The first-order valence-electron chi connectivity index (χ1n) is 5.30. The number of nitrogens with one attached hydrogen (secondary N) is 1. The monoisotopic (exact) mass is 235 g/mol. The zero-order valence-electron chi connectivity index (χ0n) is 9.75. The molecule has 1 saturated carbocycles. The van der Waals surface area contributed by atoms with Crippen molar-refractivity contribution in [3.8, 4) is 0 Å². The largest absolute Gasteiger partial charge is 0.383 e. The highest BCUT2D eigenvalue weighted by Crippen LogP contribution is 2.42. The Hall–Kier alpha value is -0.130. The minimum atomic E-state index is -2.95. The smallest absolute Gasteiger partial charge is 0.154 e. The van der Waals surface area contributed by atoms with E-state index < -0.39 is 14.6 Å². The molecule has 0 aromatic rings. The van der Waals surface area contributed by atoms with E-state index in [-0.39, 0.29) is 0 Å². The molecule has 1 N–H and O–H groups in total. The second kappa shape index (κ2) is 4.80. The summed E-state index contributed by atoms with van der Waals surface area (Å²) in [5, 5.41) is 3.15. The molecule has 0 unspecified atom stereocenters. The van der Waals surface area contributed by atoms with E-state index in [9.17, 15) is 8.42 Å². The van der Waals surface area contributed by atoms with Gasteiger partial charge >= 0.3 is 0 Å². The Bertz CT molecular complexity index is 294. The van der Waals surface area contributed by atoms with Gasteiger partial charge in [0.1, 0.15) is 0 Å². The van der Waals surface area contributed by atoms with Crippen LogP contribution >= 0.6 is 0 Å². The van der Waals surface area contributed by atoms with Gasteiger partial charge in [-0.3, -0.25) is 0 Å². The fraction of sp³-hybridized carbons (Fsp3) is 1.00. The average Bonchev–Trinajstić information content (AvgIpc) is 2.06. The Kier molecular flexibility index (Phi) is 4.14. The highest BCUT2D eigenvalue weighted by Gasteiger charge is 2.49. The van der Waals surface area contributed by atoms with E-state index in [4.69, 9.17) is 4.74 Å². The Morgan fingerprint density at radius 1 is 1.47 bits per heavy atom. The molecule has 0 spiro atoms. The second-order valence-electron chi connectivity index (χ2n) is 4.64. The molecule has 4 nitrogen and oxygen atoms in total. The highest BCUT2D eigenvalue weighted by atomic mass is 32.2. The summed E-state index contributed by atoms with van der Waals surface area (Å²) < 4.78 is 27.7. The number of ether oxygens (including phenoxy) is 1. The summed E-state index contributed by atoms with van der Waals surface area (Å²) in [6.07, 6.45) is 2.91. The molecule has 1 aliphatic carbocycles. The van der Waals surface area contributed by atoms with Gasteiger partial charge in [0.25, 0.3) is 0 Å². The predicted octanol–water partition coefficient (Wildman–Crippen LogP) is 0.436. The van der Waals surface area contributed by atoms with Crippen LogP contribution < -0.4 is 5.32 Å². The fourth-order valence-electron chi connectivity index (χ4n) is 2.28. The van der Waals surface area contributed by atoms with Crippen LogP contribution in [-0.2, 0) is 14.6 Å². The second-order valence-corrected chi connectivity index (χ2v) is 7.05. The summed E-state index contributed by atoms with van der Waals surface area (Å²) in [5.74, 6) is 0.531. The molecule has 0 atom stereocenters. The third kappa shape index (κ3) is 2.92. The van der Waals surface area contributed by atoms with Gasteiger partial charge in [0.05, 0.1) is 11.4 Å². The molecule has 0 radical (unpaired) electrons. The predicted molar refractivity (Wildman–Crippen MR) is 60.7 cm³/mol. The summed E-state index contributed by atoms with van der Waals surface area (Å²) in [6, 6.07) is 0. The first kappa shape index (κ1) is 12.9. The summed E-state index contributed by atoms with van der Waals surface area (Å²) in [4.78, 5) is 0. The molecule has 0 aromatic carbocycles. The van der Waals surface area contributed by atoms with Gasteiger partial charge in [-0.25, -0.2) is 8.42 Å². The van der Waals surface area contributed by atoms with Crippen molar-refractivity contribution in [2.45, 2.75) is 24.5 Å². The van der Waals surface area contributed by atoms with Gasteiger partial charge in [-0.2, -0.15) is 0 Å². The van der Waals surface area contributed by atoms with E-state index in [2.05, 4.69) is 12.2 Å². The Balaban J connectivity index is 2.46. The molecule has 5 heteroatoms. The van der Waals surface area contributed by atoms with Crippen LogP contribution in [0.15, 0.2) is 0 Å². The Morgan fingerprint density at radius 2 is 2.07 bits per heavy atom. The van der Waals surface area contributed by atoms with Crippen molar-refractivity contribution in [2.75, 3.05) is 33.1 Å².